The standard InChI is InChI=1S/C31H40ClF3N4O5S/c32-21-8-6-19(7-9-21)27(20-12-14-31(34,35)15-13-20)28(38-30(41)42)29(40)37-26-5-1-4-25(33)24(26)11-10-23-17-36-22-3-2-16-45(43,44)39(23)18-22/h1,4-9,20,22-23,27-28,36,38,43-44H,2-3,10-18H2,(H,37,40)(H,41,42)/t22?,23?,27-,28-/m0/s1. The van der Waals surface area contributed by atoms with Crippen LogP contribution in [0, 0.1) is 11.7 Å². The van der Waals surface area contributed by atoms with Gasteiger partial charge in [0, 0.05) is 60.2 Å². The molecular formula is C31H40ClF3N4O5S. The summed E-state index contributed by atoms with van der Waals surface area (Å²) in [5, 5.41) is 18.6. The number of carboxylic acid groups (broad SMARTS) is 1. The summed E-state index contributed by atoms with van der Waals surface area (Å²) in [4.78, 5) is 25.9. The van der Waals surface area contributed by atoms with Gasteiger partial charge in [0.05, 0.1) is 5.75 Å². The van der Waals surface area contributed by atoms with Gasteiger partial charge in [-0.3, -0.25) is 13.9 Å². The number of carbonyl (C=O) groups is 2. The number of nitrogens with one attached hydrogen (secondary N) is 3. The molecule has 6 N–H and O–H groups in total. The van der Waals surface area contributed by atoms with E-state index in [2.05, 4.69) is 16.0 Å². The van der Waals surface area contributed by atoms with Crippen LogP contribution in [0.15, 0.2) is 42.5 Å². The maximum Gasteiger partial charge on any atom is 0.405 e. The zero-order valence-electron chi connectivity index (χ0n) is 24.7. The maximum absolute atomic E-state index is 15.3. The van der Waals surface area contributed by atoms with Gasteiger partial charge in [-0.25, -0.2) is 22.3 Å². The second-order valence-corrected chi connectivity index (χ2v) is 14.9. The molecule has 5 rings (SSSR count). The SMILES string of the molecule is O=C(O)N[C@H](C(=O)Nc1cccc(F)c1CCC1CNC2CCCS(O)(O)N1C2)[C@@H](c1ccc(Cl)cc1)C1CCC(F)(F)CC1. The van der Waals surface area contributed by atoms with Gasteiger partial charge in [0.1, 0.15) is 11.9 Å². The number of anilines is 1. The van der Waals surface area contributed by atoms with Gasteiger partial charge >= 0.3 is 6.09 Å². The van der Waals surface area contributed by atoms with Crippen LogP contribution in [0.25, 0.3) is 0 Å². The summed E-state index contributed by atoms with van der Waals surface area (Å²) in [6.45, 7) is 0.986. The largest absolute Gasteiger partial charge is 0.465 e. The van der Waals surface area contributed by atoms with E-state index in [1.807, 2.05) is 0 Å². The zero-order valence-corrected chi connectivity index (χ0v) is 26.3. The molecule has 0 aromatic heterocycles. The molecule has 9 nitrogen and oxygen atoms in total. The Morgan fingerprint density at radius 2 is 1.82 bits per heavy atom. The van der Waals surface area contributed by atoms with Crippen molar-refractivity contribution in [2.75, 3.05) is 24.2 Å². The molecule has 0 radical (unpaired) electrons. The highest BCUT2D eigenvalue weighted by Crippen LogP contribution is 2.49. The molecule has 2 amide bonds. The van der Waals surface area contributed by atoms with Crippen LogP contribution in [0.1, 0.15) is 62.0 Å². The summed E-state index contributed by atoms with van der Waals surface area (Å²) >= 11 is 6.09. The molecule has 2 aliphatic heterocycles. The number of fused-ring (bicyclic) bond motifs is 2. The van der Waals surface area contributed by atoms with Gasteiger partial charge < -0.3 is 21.1 Å². The molecule has 2 saturated heterocycles. The summed E-state index contributed by atoms with van der Waals surface area (Å²) in [5.41, 5.74) is 0.933. The Bertz CT molecular complexity index is 1360. The van der Waals surface area contributed by atoms with Crippen LogP contribution in [-0.4, -0.2) is 73.4 Å². The van der Waals surface area contributed by atoms with E-state index in [1.54, 1.807) is 28.6 Å². The normalized spacial score (nSPS) is 26.6. The lowest BCUT2D eigenvalue weighted by atomic mass is 9.72. The number of benzene rings is 2. The molecule has 248 valence electrons. The van der Waals surface area contributed by atoms with E-state index in [-0.39, 0.29) is 61.2 Å². The van der Waals surface area contributed by atoms with Crippen molar-refractivity contribution in [1.82, 2.24) is 14.9 Å². The molecule has 2 aromatic carbocycles. The molecule has 3 aliphatic rings. The first-order valence-corrected chi connectivity index (χ1v) is 17.3. The second-order valence-electron chi connectivity index (χ2n) is 12.3. The summed E-state index contributed by atoms with van der Waals surface area (Å²) < 4.78 is 66.8. The molecule has 3 fully saturated rings. The van der Waals surface area contributed by atoms with Crippen molar-refractivity contribution in [3.05, 3.63) is 64.4 Å². The Kier molecular flexibility index (Phi) is 10.6. The molecule has 3 unspecified atom stereocenters. The first kappa shape index (κ1) is 33.8. The Morgan fingerprint density at radius 1 is 1.11 bits per heavy atom. The third-order valence-corrected chi connectivity index (χ3v) is 11.6. The first-order valence-electron chi connectivity index (χ1n) is 15.3. The van der Waals surface area contributed by atoms with Crippen molar-refractivity contribution in [2.45, 2.75) is 81.3 Å². The monoisotopic (exact) mass is 672 g/mol. The zero-order chi connectivity index (χ0) is 32.4. The average molecular weight is 673 g/mol. The van der Waals surface area contributed by atoms with Crippen molar-refractivity contribution in [3.8, 4) is 0 Å². The number of rotatable bonds is 9. The quantitative estimate of drug-likeness (QED) is 0.175. The number of hydrogen-bond acceptors (Lipinski definition) is 6. The van der Waals surface area contributed by atoms with E-state index >= 15 is 4.39 Å². The summed E-state index contributed by atoms with van der Waals surface area (Å²) in [6, 6.07) is 9.26. The van der Waals surface area contributed by atoms with Crippen LogP contribution in [-0.2, 0) is 11.2 Å². The van der Waals surface area contributed by atoms with E-state index in [0.29, 0.717) is 36.5 Å². The van der Waals surface area contributed by atoms with Crippen molar-refractivity contribution in [2.24, 2.45) is 5.92 Å². The van der Waals surface area contributed by atoms with Gasteiger partial charge in [0.2, 0.25) is 11.8 Å². The van der Waals surface area contributed by atoms with E-state index < -0.39 is 52.4 Å². The lowest BCUT2D eigenvalue weighted by molar-refractivity contribution is -0.119. The molecule has 0 spiro atoms. The fourth-order valence-electron chi connectivity index (χ4n) is 7.02. The third-order valence-electron chi connectivity index (χ3n) is 9.35. The van der Waals surface area contributed by atoms with Crippen LogP contribution >= 0.6 is 22.4 Å². The molecule has 5 atom stereocenters. The van der Waals surface area contributed by atoms with Crippen LogP contribution in [0.3, 0.4) is 0 Å². The number of amides is 2. The minimum Gasteiger partial charge on any atom is -0.465 e. The van der Waals surface area contributed by atoms with Crippen molar-refractivity contribution < 1.29 is 37.0 Å². The van der Waals surface area contributed by atoms with Gasteiger partial charge in [0.25, 0.3) is 0 Å². The van der Waals surface area contributed by atoms with E-state index in [1.165, 1.54) is 18.2 Å². The van der Waals surface area contributed by atoms with Crippen molar-refractivity contribution in [3.63, 3.8) is 0 Å². The fourth-order valence-corrected chi connectivity index (χ4v) is 9.01. The number of nitrogens with zero attached hydrogens (tertiary/aromatic N) is 1. The van der Waals surface area contributed by atoms with Gasteiger partial charge in [0.15, 0.2) is 0 Å². The molecule has 1 saturated carbocycles. The number of halogens is 4. The van der Waals surface area contributed by atoms with Crippen LogP contribution in [0.2, 0.25) is 5.02 Å². The Morgan fingerprint density at radius 3 is 2.51 bits per heavy atom. The Labute approximate surface area is 267 Å². The second kappa shape index (κ2) is 14.1. The Hall–Kier alpha value is -2.55. The molecule has 2 aromatic rings. The molecule has 2 bridgehead atoms. The topological polar surface area (TPSA) is 134 Å². The minimum atomic E-state index is -2.95. The Balaban J connectivity index is 1.39. The van der Waals surface area contributed by atoms with E-state index in [0.717, 1.165) is 6.42 Å². The molecule has 1 aliphatic carbocycles. The van der Waals surface area contributed by atoms with Crippen LogP contribution in [0.5, 0.6) is 0 Å². The van der Waals surface area contributed by atoms with Crippen LogP contribution < -0.4 is 16.0 Å². The summed E-state index contributed by atoms with van der Waals surface area (Å²) in [7, 11) is -2.95. The van der Waals surface area contributed by atoms with E-state index in [9.17, 15) is 32.6 Å². The van der Waals surface area contributed by atoms with Gasteiger partial charge in [-0.15, -0.1) is 10.8 Å². The van der Waals surface area contributed by atoms with Gasteiger partial charge in [-0.05, 0) is 74.3 Å². The van der Waals surface area contributed by atoms with Gasteiger partial charge in [-0.2, -0.15) is 0 Å². The van der Waals surface area contributed by atoms with E-state index in [4.69, 9.17) is 11.6 Å². The fraction of sp³-hybridized carbons (Fsp3) is 0.548. The summed E-state index contributed by atoms with van der Waals surface area (Å²) in [5.74, 6) is -5.08. The minimum absolute atomic E-state index is 0.0859. The summed E-state index contributed by atoms with van der Waals surface area (Å²) in [6.07, 6.45) is 0.0265. The lowest BCUT2D eigenvalue weighted by Crippen LogP contribution is -2.55. The predicted octanol–water partition coefficient (Wildman–Crippen LogP) is 6.70. The maximum atomic E-state index is 15.3. The predicted molar refractivity (Wildman–Crippen MR) is 169 cm³/mol. The number of piperazine rings is 1. The van der Waals surface area contributed by atoms with Gasteiger partial charge in [-0.1, -0.05) is 29.8 Å². The highest BCUT2D eigenvalue weighted by molar-refractivity contribution is 8.22. The third kappa shape index (κ3) is 8.25. The highest BCUT2D eigenvalue weighted by Gasteiger charge is 2.43. The highest BCUT2D eigenvalue weighted by atomic mass is 35.5. The number of carbonyl (C=O) groups excluding carboxylic acids is 1. The average Bonchev–Trinajstić information content (AvgIpc) is 3.09. The first-order chi connectivity index (χ1) is 21.3. The molecule has 14 heteroatoms. The number of alkyl halides is 2. The lowest BCUT2D eigenvalue weighted by Gasteiger charge is -2.49. The van der Waals surface area contributed by atoms with Crippen molar-refractivity contribution in [1.29, 1.82) is 0 Å². The molecule has 2 heterocycles. The molecule has 45 heavy (non-hydrogen) atoms. The van der Waals surface area contributed by atoms with Crippen molar-refractivity contribution >= 4 is 40.1 Å². The number of hydrogen-bond donors (Lipinski definition) is 6. The van der Waals surface area contributed by atoms with Crippen LogP contribution in [0.4, 0.5) is 23.7 Å². The smallest absolute Gasteiger partial charge is 0.405 e. The molecular weight excluding hydrogens is 633 g/mol.